The minimum atomic E-state index is -1.30. The molecule has 0 aliphatic heterocycles. The molecule has 1 amide bonds. The van der Waals surface area contributed by atoms with E-state index in [9.17, 15) is 19.7 Å². The van der Waals surface area contributed by atoms with Crippen LogP contribution in [0.2, 0.25) is 0 Å². The molecule has 1 heterocycles. The number of anilines is 1. The predicted molar refractivity (Wildman–Crippen MR) is 72.2 cm³/mol. The summed E-state index contributed by atoms with van der Waals surface area (Å²) in [6.45, 7) is 0. The highest BCUT2D eigenvalue weighted by Crippen LogP contribution is 2.23. The molecule has 0 saturated carbocycles. The van der Waals surface area contributed by atoms with Crippen molar-refractivity contribution in [3.63, 3.8) is 0 Å². The number of pyridine rings is 1. The number of benzene rings is 1. The van der Waals surface area contributed by atoms with Gasteiger partial charge in [0.05, 0.1) is 16.2 Å². The Hall–Kier alpha value is -3.29. The fourth-order valence-corrected chi connectivity index (χ4v) is 1.62. The summed E-state index contributed by atoms with van der Waals surface area (Å²) in [5.41, 5.74) is -0.658. The number of hydrogen-bond acceptors (Lipinski definition) is 5. The number of rotatable bonds is 4. The molecule has 1 aromatic heterocycles. The second-order valence-corrected chi connectivity index (χ2v) is 3.96. The van der Waals surface area contributed by atoms with Crippen molar-refractivity contribution in [1.29, 1.82) is 0 Å². The van der Waals surface area contributed by atoms with Gasteiger partial charge in [0.25, 0.3) is 11.6 Å². The highest BCUT2D eigenvalue weighted by Gasteiger charge is 2.18. The van der Waals surface area contributed by atoms with E-state index in [2.05, 4.69) is 10.3 Å². The van der Waals surface area contributed by atoms with E-state index in [1.807, 2.05) is 0 Å². The van der Waals surface area contributed by atoms with Crippen LogP contribution in [0.15, 0.2) is 42.6 Å². The Kier molecular flexibility index (Phi) is 3.89. The smallest absolute Gasteiger partial charge is 0.337 e. The number of non-ortho nitro benzene ring substituents is 1. The molecular formula is C13H9N3O5. The van der Waals surface area contributed by atoms with Gasteiger partial charge >= 0.3 is 5.97 Å². The summed E-state index contributed by atoms with van der Waals surface area (Å²) in [7, 11) is 0. The number of amides is 1. The Morgan fingerprint density at radius 2 is 2.00 bits per heavy atom. The van der Waals surface area contributed by atoms with Gasteiger partial charge in [-0.25, -0.2) is 4.79 Å². The number of nitrogens with one attached hydrogen (secondary N) is 1. The summed E-state index contributed by atoms with van der Waals surface area (Å²) < 4.78 is 0. The number of carboxylic acids is 1. The van der Waals surface area contributed by atoms with Crippen LogP contribution in [0.4, 0.5) is 11.4 Å². The number of nitro benzene ring substituents is 1. The van der Waals surface area contributed by atoms with Crippen LogP contribution in [0.25, 0.3) is 0 Å². The first kappa shape index (κ1) is 14.1. The zero-order valence-corrected chi connectivity index (χ0v) is 10.5. The fourth-order valence-electron chi connectivity index (χ4n) is 1.62. The van der Waals surface area contributed by atoms with E-state index in [0.717, 1.165) is 18.2 Å². The Labute approximate surface area is 118 Å². The minimum absolute atomic E-state index is 0.0698. The number of aromatic nitrogens is 1. The second-order valence-electron chi connectivity index (χ2n) is 3.96. The molecule has 0 bridgehead atoms. The van der Waals surface area contributed by atoms with Crippen LogP contribution in [-0.2, 0) is 0 Å². The number of nitrogens with zero attached hydrogens (tertiary/aromatic N) is 2. The van der Waals surface area contributed by atoms with Gasteiger partial charge in [-0.1, -0.05) is 6.07 Å². The van der Waals surface area contributed by atoms with E-state index in [4.69, 9.17) is 5.11 Å². The first-order valence-electron chi connectivity index (χ1n) is 5.73. The number of carbonyl (C=O) groups excluding carboxylic acids is 1. The van der Waals surface area contributed by atoms with E-state index in [0.29, 0.717) is 0 Å². The Morgan fingerprint density at radius 1 is 1.24 bits per heavy atom. The third-order valence-corrected chi connectivity index (χ3v) is 2.59. The van der Waals surface area contributed by atoms with Crippen LogP contribution in [0.5, 0.6) is 0 Å². The van der Waals surface area contributed by atoms with E-state index in [1.165, 1.54) is 12.3 Å². The third-order valence-electron chi connectivity index (χ3n) is 2.59. The van der Waals surface area contributed by atoms with Gasteiger partial charge in [0.1, 0.15) is 5.69 Å². The van der Waals surface area contributed by atoms with Gasteiger partial charge in [0.2, 0.25) is 0 Å². The summed E-state index contributed by atoms with van der Waals surface area (Å²) >= 11 is 0. The molecule has 0 aliphatic carbocycles. The zero-order chi connectivity index (χ0) is 15.4. The van der Waals surface area contributed by atoms with Crippen molar-refractivity contribution < 1.29 is 19.6 Å². The molecule has 106 valence electrons. The summed E-state index contributed by atoms with van der Waals surface area (Å²) in [6.07, 6.45) is 1.40. The van der Waals surface area contributed by atoms with Gasteiger partial charge in [-0.2, -0.15) is 0 Å². The Bertz CT molecular complexity index is 715. The molecule has 21 heavy (non-hydrogen) atoms. The minimum Gasteiger partial charge on any atom is -0.478 e. The standard InChI is InChI=1S/C13H9N3O5/c17-12(10-3-1-2-6-14-10)15-11-7-8(16(20)21)4-5-9(11)13(18)19/h1-7H,(H,15,17)(H,18,19). The molecule has 0 aliphatic rings. The van der Waals surface area contributed by atoms with Crippen LogP contribution < -0.4 is 5.32 Å². The molecule has 2 N–H and O–H groups in total. The van der Waals surface area contributed by atoms with Crippen molar-refractivity contribution in [3.8, 4) is 0 Å². The fraction of sp³-hybridized carbons (Fsp3) is 0. The molecule has 0 saturated heterocycles. The third kappa shape index (κ3) is 3.18. The molecule has 0 atom stereocenters. The summed E-state index contributed by atoms with van der Waals surface area (Å²) in [6, 6.07) is 7.76. The SMILES string of the molecule is O=C(Nc1cc([N+](=O)[O-])ccc1C(=O)O)c1ccccn1. The van der Waals surface area contributed by atoms with Gasteiger partial charge < -0.3 is 10.4 Å². The maximum Gasteiger partial charge on any atom is 0.337 e. The van der Waals surface area contributed by atoms with Crippen LogP contribution in [-0.4, -0.2) is 26.9 Å². The molecule has 0 fully saturated rings. The number of aromatic carboxylic acids is 1. The summed E-state index contributed by atoms with van der Waals surface area (Å²) in [5.74, 6) is -1.96. The topological polar surface area (TPSA) is 122 Å². The molecule has 2 rings (SSSR count). The van der Waals surface area contributed by atoms with Crippen molar-refractivity contribution in [1.82, 2.24) is 4.98 Å². The van der Waals surface area contributed by atoms with E-state index in [1.54, 1.807) is 12.1 Å². The quantitative estimate of drug-likeness (QED) is 0.654. The van der Waals surface area contributed by atoms with Gasteiger partial charge in [0, 0.05) is 18.3 Å². The number of hydrogen-bond donors (Lipinski definition) is 2. The van der Waals surface area contributed by atoms with Gasteiger partial charge in [-0.15, -0.1) is 0 Å². The molecule has 0 spiro atoms. The van der Waals surface area contributed by atoms with Crippen molar-refractivity contribution in [2.75, 3.05) is 5.32 Å². The Morgan fingerprint density at radius 3 is 2.57 bits per heavy atom. The van der Waals surface area contributed by atoms with Crippen molar-refractivity contribution in [2.45, 2.75) is 0 Å². The maximum absolute atomic E-state index is 11.9. The van der Waals surface area contributed by atoms with Crippen LogP contribution >= 0.6 is 0 Å². The first-order valence-corrected chi connectivity index (χ1v) is 5.73. The number of nitro groups is 1. The maximum atomic E-state index is 11.9. The molecule has 8 heteroatoms. The lowest BCUT2D eigenvalue weighted by molar-refractivity contribution is -0.384. The van der Waals surface area contributed by atoms with Crippen LogP contribution in [0, 0.1) is 10.1 Å². The van der Waals surface area contributed by atoms with Crippen LogP contribution in [0.3, 0.4) is 0 Å². The lowest BCUT2D eigenvalue weighted by Gasteiger charge is -2.07. The van der Waals surface area contributed by atoms with E-state index < -0.39 is 16.8 Å². The molecule has 2 aromatic rings. The summed E-state index contributed by atoms with van der Waals surface area (Å²) in [4.78, 5) is 36.9. The lowest BCUT2D eigenvalue weighted by atomic mass is 10.1. The number of carboxylic acid groups (broad SMARTS) is 1. The molecule has 1 aromatic carbocycles. The first-order chi connectivity index (χ1) is 9.99. The normalized spacial score (nSPS) is 9.90. The molecule has 8 nitrogen and oxygen atoms in total. The summed E-state index contributed by atoms with van der Waals surface area (Å²) in [5, 5.41) is 22.1. The second kappa shape index (κ2) is 5.78. The molecule has 0 unspecified atom stereocenters. The highest BCUT2D eigenvalue weighted by molar-refractivity contribution is 6.07. The average molecular weight is 287 g/mol. The van der Waals surface area contributed by atoms with E-state index >= 15 is 0 Å². The van der Waals surface area contributed by atoms with E-state index in [-0.39, 0.29) is 22.6 Å². The van der Waals surface area contributed by atoms with Gasteiger partial charge in [-0.05, 0) is 18.2 Å². The zero-order valence-electron chi connectivity index (χ0n) is 10.5. The molecular weight excluding hydrogens is 278 g/mol. The van der Waals surface area contributed by atoms with Crippen LogP contribution in [0.1, 0.15) is 20.8 Å². The Balaban J connectivity index is 2.37. The van der Waals surface area contributed by atoms with Gasteiger partial charge in [0.15, 0.2) is 0 Å². The van der Waals surface area contributed by atoms with Crippen molar-refractivity contribution in [2.24, 2.45) is 0 Å². The monoisotopic (exact) mass is 287 g/mol. The highest BCUT2D eigenvalue weighted by atomic mass is 16.6. The lowest BCUT2D eigenvalue weighted by Crippen LogP contribution is -2.16. The number of carbonyl (C=O) groups is 2. The van der Waals surface area contributed by atoms with Gasteiger partial charge in [-0.3, -0.25) is 19.9 Å². The average Bonchev–Trinajstić information content (AvgIpc) is 2.47. The molecule has 0 radical (unpaired) electrons. The van der Waals surface area contributed by atoms with Crippen molar-refractivity contribution >= 4 is 23.3 Å². The predicted octanol–water partition coefficient (Wildman–Crippen LogP) is 1.94. The van der Waals surface area contributed by atoms with Crippen molar-refractivity contribution in [3.05, 3.63) is 64.0 Å². The largest absolute Gasteiger partial charge is 0.478 e.